The highest BCUT2D eigenvalue weighted by Crippen LogP contribution is 2.29. The predicted octanol–water partition coefficient (Wildman–Crippen LogP) is 3.99. The monoisotopic (exact) mass is 299 g/mol. The zero-order valence-corrected chi connectivity index (χ0v) is 12.3. The molecule has 1 aromatic carbocycles. The van der Waals surface area contributed by atoms with E-state index in [2.05, 4.69) is 17.0 Å². The van der Waals surface area contributed by atoms with Gasteiger partial charge in [-0.05, 0) is 29.9 Å². The van der Waals surface area contributed by atoms with Crippen molar-refractivity contribution in [2.75, 3.05) is 6.61 Å². The predicted molar refractivity (Wildman–Crippen MR) is 81.9 cm³/mol. The molecular formula is C15H13N3O2S. The molecule has 6 heteroatoms. The second-order valence-electron chi connectivity index (χ2n) is 4.72. The summed E-state index contributed by atoms with van der Waals surface area (Å²) in [5.74, 6) is 0.755. The molecule has 3 heterocycles. The van der Waals surface area contributed by atoms with Gasteiger partial charge in [0, 0.05) is 5.39 Å². The number of imidazole rings is 1. The van der Waals surface area contributed by atoms with Gasteiger partial charge in [-0.25, -0.2) is 9.50 Å². The lowest BCUT2D eigenvalue weighted by Crippen LogP contribution is -1.94. The van der Waals surface area contributed by atoms with Crippen molar-refractivity contribution in [3.63, 3.8) is 0 Å². The van der Waals surface area contributed by atoms with Crippen LogP contribution in [0.25, 0.3) is 27.4 Å². The van der Waals surface area contributed by atoms with E-state index >= 15 is 0 Å². The topological polar surface area (TPSA) is 52.6 Å². The highest BCUT2D eigenvalue weighted by Gasteiger charge is 2.13. The fourth-order valence-electron chi connectivity index (χ4n) is 2.16. The van der Waals surface area contributed by atoms with Crippen molar-refractivity contribution in [3.05, 3.63) is 36.5 Å². The van der Waals surface area contributed by atoms with Crippen LogP contribution in [0, 0.1) is 0 Å². The fourth-order valence-corrected chi connectivity index (χ4v) is 2.91. The first-order valence-electron chi connectivity index (χ1n) is 6.81. The van der Waals surface area contributed by atoms with E-state index in [9.17, 15) is 0 Å². The molecule has 3 aromatic heterocycles. The standard InChI is InChI=1S/C15H13N3O2S/c1-2-7-19-15-17-18-9-11(16-14(18)21-15)13-8-10-5-3-4-6-12(10)20-13/h3-6,8-9H,2,7H2,1H3. The summed E-state index contributed by atoms with van der Waals surface area (Å²) < 4.78 is 13.1. The minimum Gasteiger partial charge on any atom is -0.469 e. The van der Waals surface area contributed by atoms with Crippen LogP contribution in [0.3, 0.4) is 0 Å². The van der Waals surface area contributed by atoms with E-state index in [0.717, 1.165) is 33.8 Å². The smallest absolute Gasteiger partial charge is 0.294 e. The van der Waals surface area contributed by atoms with Crippen LogP contribution in [-0.4, -0.2) is 21.2 Å². The number of nitrogens with zero attached hydrogens (tertiary/aromatic N) is 3. The molecule has 0 aliphatic carbocycles. The summed E-state index contributed by atoms with van der Waals surface area (Å²) in [6.07, 6.45) is 2.83. The second kappa shape index (κ2) is 4.89. The van der Waals surface area contributed by atoms with Gasteiger partial charge in [0.25, 0.3) is 5.19 Å². The molecule has 21 heavy (non-hydrogen) atoms. The summed E-state index contributed by atoms with van der Waals surface area (Å²) in [7, 11) is 0. The van der Waals surface area contributed by atoms with E-state index in [0.29, 0.717) is 11.8 Å². The molecule has 4 aromatic rings. The summed E-state index contributed by atoms with van der Waals surface area (Å²) in [4.78, 5) is 5.35. The van der Waals surface area contributed by atoms with Gasteiger partial charge < -0.3 is 9.15 Å². The number of furan rings is 1. The van der Waals surface area contributed by atoms with E-state index in [1.54, 1.807) is 4.52 Å². The van der Waals surface area contributed by atoms with Gasteiger partial charge in [0.1, 0.15) is 11.3 Å². The molecule has 106 valence electrons. The molecule has 0 fully saturated rings. The Morgan fingerprint density at radius 1 is 1.33 bits per heavy atom. The Bertz CT molecular complexity index is 841. The third-order valence-electron chi connectivity index (χ3n) is 3.13. The van der Waals surface area contributed by atoms with Crippen LogP contribution in [0.1, 0.15) is 13.3 Å². The van der Waals surface area contributed by atoms with Gasteiger partial charge in [0.2, 0.25) is 4.96 Å². The fraction of sp³-hybridized carbons (Fsp3) is 0.200. The number of hydrogen-bond acceptors (Lipinski definition) is 5. The molecule has 0 aliphatic heterocycles. The third-order valence-corrected chi connectivity index (χ3v) is 3.97. The van der Waals surface area contributed by atoms with Crippen LogP contribution >= 0.6 is 11.3 Å². The van der Waals surface area contributed by atoms with E-state index in [1.807, 2.05) is 36.5 Å². The Hall–Kier alpha value is -2.34. The molecule has 0 saturated heterocycles. The normalized spacial score (nSPS) is 11.5. The molecule has 0 unspecified atom stereocenters. The van der Waals surface area contributed by atoms with Gasteiger partial charge in [0.05, 0.1) is 12.8 Å². The van der Waals surface area contributed by atoms with Crippen molar-refractivity contribution in [1.82, 2.24) is 14.6 Å². The summed E-state index contributed by atoms with van der Waals surface area (Å²) in [6.45, 7) is 2.74. The lowest BCUT2D eigenvalue weighted by Gasteiger charge is -1.95. The Balaban J connectivity index is 1.71. The Morgan fingerprint density at radius 3 is 3.05 bits per heavy atom. The molecule has 0 atom stereocenters. The maximum atomic E-state index is 5.82. The molecule has 0 bridgehead atoms. The number of aromatic nitrogens is 3. The highest BCUT2D eigenvalue weighted by molar-refractivity contribution is 7.18. The van der Waals surface area contributed by atoms with Crippen LogP contribution in [0.4, 0.5) is 0 Å². The van der Waals surface area contributed by atoms with Gasteiger partial charge in [-0.1, -0.05) is 25.1 Å². The number of benzene rings is 1. The maximum Gasteiger partial charge on any atom is 0.294 e. The van der Waals surface area contributed by atoms with Crippen LogP contribution < -0.4 is 4.74 Å². The molecule has 0 amide bonds. The Morgan fingerprint density at radius 2 is 2.24 bits per heavy atom. The Kier molecular flexibility index (Phi) is 2.89. The minimum atomic E-state index is 0.649. The molecule has 0 saturated carbocycles. The van der Waals surface area contributed by atoms with Gasteiger partial charge >= 0.3 is 0 Å². The van der Waals surface area contributed by atoms with Crippen LogP contribution in [0.5, 0.6) is 5.19 Å². The molecule has 0 aliphatic rings. The molecule has 4 rings (SSSR count). The van der Waals surface area contributed by atoms with Crippen molar-refractivity contribution in [2.45, 2.75) is 13.3 Å². The number of fused-ring (bicyclic) bond motifs is 2. The van der Waals surface area contributed by atoms with E-state index in [1.165, 1.54) is 11.3 Å². The number of hydrogen-bond donors (Lipinski definition) is 0. The number of ether oxygens (including phenoxy) is 1. The summed E-state index contributed by atoms with van der Waals surface area (Å²) in [5, 5.41) is 6.08. The molecule has 0 N–H and O–H groups in total. The van der Waals surface area contributed by atoms with Gasteiger partial charge in [-0.2, -0.15) is 0 Å². The number of rotatable bonds is 4. The van der Waals surface area contributed by atoms with Gasteiger partial charge in [0.15, 0.2) is 5.76 Å². The van der Waals surface area contributed by atoms with Crippen molar-refractivity contribution >= 4 is 27.3 Å². The second-order valence-corrected chi connectivity index (χ2v) is 5.64. The highest BCUT2D eigenvalue weighted by atomic mass is 32.1. The van der Waals surface area contributed by atoms with Crippen molar-refractivity contribution in [3.8, 4) is 16.6 Å². The SMILES string of the molecule is CCCOc1nn2cc(-c3cc4ccccc4o3)nc2s1. The molecule has 0 radical (unpaired) electrons. The van der Waals surface area contributed by atoms with Crippen LogP contribution in [-0.2, 0) is 0 Å². The van der Waals surface area contributed by atoms with Crippen molar-refractivity contribution in [1.29, 1.82) is 0 Å². The zero-order valence-electron chi connectivity index (χ0n) is 11.4. The first kappa shape index (κ1) is 12.4. The lowest BCUT2D eigenvalue weighted by atomic mass is 10.2. The average Bonchev–Trinajstić information content (AvgIpc) is 3.16. The van der Waals surface area contributed by atoms with Gasteiger partial charge in [-0.15, -0.1) is 5.10 Å². The van der Waals surface area contributed by atoms with Crippen LogP contribution in [0.2, 0.25) is 0 Å². The lowest BCUT2D eigenvalue weighted by molar-refractivity contribution is 0.312. The van der Waals surface area contributed by atoms with Gasteiger partial charge in [-0.3, -0.25) is 0 Å². The van der Waals surface area contributed by atoms with Crippen molar-refractivity contribution in [2.24, 2.45) is 0 Å². The molecule has 5 nitrogen and oxygen atoms in total. The largest absolute Gasteiger partial charge is 0.469 e. The first-order chi connectivity index (χ1) is 10.3. The summed E-state index contributed by atoms with van der Waals surface area (Å²) in [6, 6.07) is 9.92. The average molecular weight is 299 g/mol. The minimum absolute atomic E-state index is 0.649. The third kappa shape index (κ3) is 2.17. The van der Waals surface area contributed by atoms with Crippen LogP contribution in [0.15, 0.2) is 40.9 Å². The van der Waals surface area contributed by atoms with E-state index < -0.39 is 0 Å². The summed E-state index contributed by atoms with van der Waals surface area (Å²) in [5.41, 5.74) is 1.65. The Labute approximate surface area is 124 Å². The maximum absolute atomic E-state index is 5.82. The quantitative estimate of drug-likeness (QED) is 0.571. The van der Waals surface area contributed by atoms with E-state index in [4.69, 9.17) is 9.15 Å². The summed E-state index contributed by atoms with van der Waals surface area (Å²) >= 11 is 1.44. The van der Waals surface area contributed by atoms with Crippen molar-refractivity contribution < 1.29 is 9.15 Å². The first-order valence-corrected chi connectivity index (χ1v) is 7.63. The van der Waals surface area contributed by atoms with E-state index in [-0.39, 0.29) is 0 Å². The zero-order chi connectivity index (χ0) is 14.2. The number of para-hydroxylation sites is 1. The molecule has 0 spiro atoms. The molecular weight excluding hydrogens is 286 g/mol.